The first-order valence-corrected chi connectivity index (χ1v) is 11.1. The van der Waals surface area contributed by atoms with Crippen LogP contribution in [0.2, 0.25) is 0 Å². The van der Waals surface area contributed by atoms with Gasteiger partial charge in [-0.3, -0.25) is 14.8 Å². The average molecular weight is 478 g/mol. The van der Waals surface area contributed by atoms with E-state index >= 15 is 0 Å². The maximum absolute atomic E-state index is 12.1. The zero-order valence-corrected chi connectivity index (χ0v) is 19.6. The topological polar surface area (TPSA) is 130 Å². The van der Waals surface area contributed by atoms with Crippen molar-refractivity contribution in [1.82, 2.24) is 29.4 Å². The SMILES string of the molecule is COC(=O)c1sc2ncn3nc(-c4ccccc4Cn4nc(C)c([N+](=O)[O-])c4C)nc3c2c1C. The van der Waals surface area contributed by atoms with Crippen molar-refractivity contribution in [1.29, 1.82) is 0 Å². The minimum atomic E-state index is -0.414. The third-order valence-electron chi connectivity index (χ3n) is 5.74. The minimum Gasteiger partial charge on any atom is -0.465 e. The second kappa shape index (κ2) is 7.99. The van der Waals surface area contributed by atoms with Crippen molar-refractivity contribution >= 4 is 38.9 Å². The Labute approximate surface area is 196 Å². The van der Waals surface area contributed by atoms with Gasteiger partial charge >= 0.3 is 11.7 Å². The number of thiophene rings is 1. The van der Waals surface area contributed by atoms with E-state index in [-0.39, 0.29) is 5.69 Å². The lowest BCUT2D eigenvalue weighted by atomic mass is 10.1. The maximum atomic E-state index is 12.1. The van der Waals surface area contributed by atoms with Gasteiger partial charge in [0.2, 0.25) is 0 Å². The molecule has 0 saturated heterocycles. The number of carbonyl (C=O) groups is 1. The quantitative estimate of drug-likeness (QED) is 0.212. The van der Waals surface area contributed by atoms with Crippen LogP contribution in [0, 0.1) is 30.9 Å². The zero-order chi connectivity index (χ0) is 24.1. The van der Waals surface area contributed by atoms with Crippen LogP contribution >= 0.6 is 11.3 Å². The van der Waals surface area contributed by atoms with Crippen molar-refractivity contribution in [2.75, 3.05) is 7.11 Å². The molecule has 0 fully saturated rings. The van der Waals surface area contributed by atoms with E-state index in [0.29, 0.717) is 39.1 Å². The average Bonchev–Trinajstić information content (AvgIpc) is 3.47. The van der Waals surface area contributed by atoms with Gasteiger partial charge in [0.1, 0.15) is 27.4 Å². The van der Waals surface area contributed by atoms with Crippen LogP contribution in [-0.4, -0.2) is 47.4 Å². The molecule has 5 aromatic rings. The number of hydrogen-bond acceptors (Lipinski definition) is 9. The Balaban J connectivity index is 1.62. The van der Waals surface area contributed by atoms with Gasteiger partial charge in [-0.05, 0) is 31.9 Å². The number of hydrogen-bond donors (Lipinski definition) is 0. The van der Waals surface area contributed by atoms with Crippen molar-refractivity contribution < 1.29 is 14.5 Å². The second-order valence-corrected chi connectivity index (χ2v) is 8.77. The van der Waals surface area contributed by atoms with E-state index < -0.39 is 10.9 Å². The molecule has 12 heteroatoms. The van der Waals surface area contributed by atoms with Crippen LogP contribution in [0.1, 0.15) is 32.2 Å². The number of rotatable bonds is 5. The van der Waals surface area contributed by atoms with E-state index in [1.807, 2.05) is 31.2 Å². The Hall–Kier alpha value is -4.19. The molecule has 0 amide bonds. The highest BCUT2D eigenvalue weighted by atomic mass is 32.1. The molecule has 0 bridgehead atoms. The summed E-state index contributed by atoms with van der Waals surface area (Å²) in [6, 6.07) is 7.59. The Kier molecular flexibility index (Phi) is 5.09. The fraction of sp³-hybridized carbons (Fsp3) is 0.227. The summed E-state index contributed by atoms with van der Waals surface area (Å²) in [4.78, 5) is 33.5. The monoisotopic (exact) mass is 477 g/mol. The number of nitro groups is 1. The van der Waals surface area contributed by atoms with Gasteiger partial charge in [0.05, 0.1) is 24.0 Å². The Morgan fingerprint density at radius 3 is 2.68 bits per heavy atom. The van der Waals surface area contributed by atoms with Crippen LogP contribution in [0.3, 0.4) is 0 Å². The highest BCUT2D eigenvalue weighted by Gasteiger charge is 2.24. The molecule has 5 rings (SSSR count). The number of fused-ring (bicyclic) bond motifs is 3. The summed E-state index contributed by atoms with van der Waals surface area (Å²) >= 11 is 1.26. The van der Waals surface area contributed by atoms with Crippen LogP contribution in [0.5, 0.6) is 0 Å². The van der Waals surface area contributed by atoms with Crippen molar-refractivity contribution in [2.45, 2.75) is 27.3 Å². The molecule has 0 aliphatic carbocycles. The fourth-order valence-electron chi connectivity index (χ4n) is 4.08. The Morgan fingerprint density at radius 2 is 1.97 bits per heavy atom. The summed E-state index contributed by atoms with van der Waals surface area (Å²) in [5.41, 5.74) is 3.83. The number of aryl methyl sites for hydroxylation is 2. The van der Waals surface area contributed by atoms with Gasteiger partial charge < -0.3 is 4.74 Å². The van der Waals surface area contributed by atoms with Gasteiger partial charge in [0.15, 0.2) is 11.5 Å². The number of carbonyl (C=O) groups excluding carboxylic acids is 1. The lowest BCUT2D eigenvalue weighted by Gasteiger charge is -2.08. The Morgan fingerprint density at radius 1 is 1.21 bits per heavy atom. The predicted octanol–water partition coefficient (Wildman–Crippen LogP) is 3.87. The third-order valence-corrected chi connectivity index (χ3v) is 6.92. The van der Waals surface area contributed by atoms with Crippen LogP contribution in [0.15, 0.2) is 30.6 Å². The third kappa shape index (κ3) is 3.30. The normalized spacial score (nSPS) is 11.4. The van der Waals surface area contributed by atoms with Gasteiger partial charge in [0.25, 0.3) is 0 Å². The molecule has 34 heavy (non-hydrogen) atoms. The first-order chi connectivity index (χ1) is 16.3. The molecule has 4 aromatic heterocycles. The van der Waals surface area contributed by atoms with Crippen LogP contribution in [-0.2, 0) is 11.3 Å². The zero-order valence-electron chi connectivity index (χ0n) is 18.8. The summed E-state index contributed by atoms with van der Waals surface area (Å²) in [5.74, 6) is 0.0638. The van der Waals surface area contributed by atoms with Crippen molar-refractivity contribution in [3.8, 4) is 11.4 Å². The molecule has 0 radical (unpaired) electrons. The smallest absolute Gasteiger partial charge is 0.348 e. The van der Waals surface area contributed by atoms with E-state index in [9.17, 15) is 14.9 Å². The number of methoxy groups -OCH3 is 1. The number of benzene rings is 1. The molecule has 0 atom stereocenters. The first kappa shape index (κ1) is 21.6. The van der Waals surface area contributed by atoms with Crippen LogP contribution < -0.4 is 0 Å². The molecule has 0 spiro atoms. The van der Waals surface area contributed by atoms with Gasteiger partial charge in [-0.1, -0.05) is 24.3 Å². The van der Waals surface area contributed by atoms with E-state index in [1.54, 1.807) is 29.4 Å². The molecule has 4 heterocycles. The number of nitrogens with zero attached hydrogens (tertiary/aromatic N) is 7. The minimum absolute atomic E-state index is 0.0196. The predicted molar refractivity (Wildman–Crippen MR) is 125 cm³/mol. The van der Waals surface area contributed by atoms with Gasteiger partial charge in [-0.15, -0.1) is 16.4 Å². The lowest BCUT2D eigenvalue weighted by molar-refractivity contribution is -0.386. The van der Waals surface area contributed by atoms with E-state index in [0.717, 1.165) is 22.1 Å². The molecule has 11 nitrogen and oxygen atoms in total. The standard InChI is InChI=1S/C22H19N7O4S/c1-11-16-20-24-19(26-28(20)10-23-21(16)34-18(11)22(30)33-4)15-8-6-5-7-14(15)9-27-13(3)17(29(31)32)12(2)25-27/h5-8,10H,9H2,1-4H3. The summed E-state index contributed by atoms with van der Waals surface area (Å²) in [6.07, 6.45) is 1.57. The fourth-order valence-corrected chi connectivity index (χ4v) is 5.14. The Bertz CT molecular complexity index is 1610. The molecular weight excluding hydrogens is 458 g/mol. The van der Waals surface area contributed by atoms with Crippen LogP contribution in [0.25, 0.3) is 27.3 Å². The van der Waals surface area contributed by atoms with E-state index in [4.69, 9.17) is 9.72 Å². The second-order valence-electron chi connectivity index (χ2n) is 7.77. The summed E-state index contributed by atoms with van der Waals surface area (Å²) in [6.45, 7) is 5.47. The largest absolute Gasteiger partial charge is 0.465 e. The van der Waals surface area contributed by atoms with E-state index in [1.165, 1.54) is 18.4 Å². The van der Waals surface area contributed by atoms with Gasteiger partial charge in [-0.2, -0.15) is 5.10 Å². The first-order valence-electron chi connectivity index (χ1n) is 10.3. The van der Waals surface area contributed by atoms with Crippen molar-refractivity contribution in [3.63, 3.8) is 0 Å². The van der Waals surface area contributed by atoms with Gasteiger partial charge in [0, 0.05) is 5.56 Å². The highest BCUT2D eigenvalue weighted by molar-refractivity contribution is 7.20. The molecule has 0 aliphatic heterocycles. The van der Waals surface area contributed by atoms with Crippen molar-refractivity contribution in [2.24, 2.45) is 0 Å². The van der Waals surface area contributed by atoms with Crippen molar-refractivity contribution in [3.05, 3.63) is 68.1 Å². The molecule has 0 aliphatic rings. The summed E-state index contributed by atoms with van der Waals surface area (Å²) in [5, 5.41) is 21.1. The summed E-state index contributed by atoms with van der Waals surface area (Å²) < 4.78 is 8.10. The number of ether oxygens (including phenoxy) is 1. The van der Waals surface area contributed by atoms with Gasteiger partial charge in [-0.25, -0.2) is 19.3 Å². The molecule has 1 aromatic carbocycles. The molecule has 0 unspecified atom stereocenters. The van der Waals surface area contributed by atoms with Crippen LogP contribution in [0.4, 0.5) is 5.69 Å². The lowest BCUT2D eigenvalue weighted by Crippen LogP contribution is -2.06. The molecule has 0 saturated carbocycles. The number of aromatic nitrogens is 6. The maximum Gasteiger partial charge on any atom is 0.348 e. The molecule has 0 N–H and O–H groups in total. The van der Waals surface area contributed by atoms with E-state index in [2.05, 4.69) is 15.2 Å². The number of esters is 1. The molecular formula is C22H19N7O4S. The summed E-state index contributed by atoms with van der Waals surface area (Å²) in [7, 11) is 1.35. The highest BCUT2D eigenvalue weighted by Crippen LogP contribution is 2.33. The molecule has 172 valence electrons.